The van der Waals surface area contributed by atoms with E-state index in [4.69, 9.17) is 16.3 Å². The van der Waals surface area contributed by atoms with Crippen molar-refractivity contribution in [2.75, 3.05) is 0 Å². The highest BCUT2D eigenvalue weighted by Crippen LogP contribution is 2.17. The molecule has 0 amide bonds. The van der Waals surface area contributed by atoms with Crippen molar-refractivity contribution in [3.63, 3.8) is 0 Å². The largest absolute Gasteiger partial charge is 0.451 e. The fourth-order valence-corrected chi connectivity index (χ4v) is 2.61. The third-order valence-corrected chi connectivity index (χ3v) is 4.34. The van der Waals surface area contributed by atoms with Gasteiger partial charge in [0.15, 0.2) is 6.10 Å². The quantitative estimate of drug-likeness (QED) is 0.506. The van der Waals surface area contributed by atoms with Crippen LogP contribution in [0.1, 0.15) is 39.0 Å². The number of ether oxygens (including phenoxy) is 1. The predicted octanol–water partition coefficient (Wildman–Crippen LogP) is 4.33. The second kappa shape index (κ2) is 7.22. The number of Topliss-reactive ketones (excluding diaryl/α,β-unsaturated/α-hetero) is 1. The summed E-state index contributed by atoms with van der Waals surface area (Å²) in [5, 5.41) is 0.536. The zero-order valence-electron chi connectivity index (χ0n) is 14.6. The molecule has 132 valence electrons. The average Bonchev–Trinajstić information content (AvgIpc) is 2.62. The molecule has 0 bridgehead atoms. The number of halogens is 1. The van der Waals surface area contributed by atoms with Crippen LogP contribution in [-0.4, -0.2) is 27.8 Å². The zero-order chi connectivity index (χ0) is 18.8. The van der Waals surface area contributed by atoms with Crippen LogP contribution in [-0.2, 0) is 4.74 Å². The van der Waals surface area contributed by atoms with Crippen LogP contribution in [0, 0.1) is 13.8 Å². The number of hydrogen-bond acceptors (Lipinski definition) is 5. The molecular weight excluding hydrogens is 352 g/mol. The third-order valence-electron chi connectivity index (χ3n) is 4.09. The molecule has 26 heavy (non-hydrogen) atoms. The van der Waals surface area contributed by atoms with Gasteiger partial charge in [0.05, 0.1) is 28.0 Å². The zero-order valence-corrected chi connectivity index (χ0v) is 15.4. The highest BCUT2D eigenvalue weighted by Gasteiger charge is 2.20. The highest BCUT2D eigenvalue weighted by molar-refractivity contribution is 6.30. The molecule has 3 aromatic rings. The summed E-state index contributed by atoms with van der Waals surface area (Å²) < 4.78 is 5.32. The van der Waals surface area contributed by atoms with Crippen molar-refractivity contribution in [1.29, 1.82) is 0 Å². The number of benzene rings is 2. The summed E-state index contributed by atoms with van der Waals surface area (Å²) in [6, 6.07) is 11.4. The second-order valence-corrected chi connectivity index (χ2v) is 6.45. The Morgan fingerprint density at radius 3 is 2.15 bits per heavy atom. The number of fused-ring (bicyclic) bond motifs is 1. The molecule has 1 heterocycles. The highest BCUT2D eigenvalue weighted by atomic mass is 35.5. The molecule has 0 aliphatic carbocycles. The van der Waals surface area contributed by atoms with E-state index in [-0.39, 0.29) is 5.78 Å². The van der Waals surface area contributed by atoms with E-state index in [1.807, 2.05) is 13.8 Å². The number of aromatic nitrogens is 2. The van der Waals surface area contributed by atoms with Gasteiger partial charge in [-0.1, -0.05) is 11.6 Å². The van der Waals surface area contributed by atoms with Gasteiger partial charge in [-0.05, 0) is 63.2 Å². The first-order valence-corrected chi connectivity index (χ1v) is 8.48. The fraction of sp³-hybridized carbons (Fsp3) is 0.200. The number of nitrogens with zero attached hydrogens (tertiary/aromatic N) is 2. The predicted molar refractivity (Wildman–Crippen MR) is 99.7 cm³/mol. The maximum atomic E-state index is 12.4. The summed E-state index contributed by atoms with van der Waals surface area (Å²) in [6.45, 7) is 5.29. The Hall–Kier alpha value is -2.79. The molecule has 5 nitrogen and oxygen atoms in total. The van der Waals surface area contributed by atoms with E-state index in [1.165, 1.54) is 0 Å². The van der Waals surface area contributed by atoms with Gasteiger partial charge in [0.2, 0.25) is 5.78 Å². The molecule has 1 aromatic heterocycles. The smallest absolute Gasteiger partial charge is 0.338 e. The lowest BCUT2D eigenvalue weighted by molar-refractivity contribution is 0.0319. The third kappa shape index (κ3) is 3.73. The van der Waals surface area contributed by atoms with E-state index in [1.54, 1.807) is 49.4 Å². The summed E-state index contributed by atoms with van der Waals surface area (Å²) in [4.78, 5) is 33.6. The van der Waals surface area contributed by atoms with Crippen molar-refractivity contribution < 1.29 is 14.3 Å². The van der Waals surface area contributed by atoms with Crippen LogP contribution in [0.2, 0.25) is 5.02 Å². The van der Waals surface area contributed by atoms with E-state index in [2.05, 4.69) is 9.97 Å². The molecule has 6 heteroatoms. The number of carbonyl (C=O) groups is 2. The number of rotatable bonds is 4. The first-order valence-electron chi connectivity index (χ1n) is 8.11. The van der Waals surface area contributed by atoms with Gasteiger partial charge in [0.25, 0.3) is 0 Å². The summed E-state index contributed by atoms with van der Waals surface area (Å²) in [7, 11) is 0. The minimum absolute atomic E-state index is 0.290. The molecule has 0 N–H and O–H groups in total. The standard InChI is InChI=1S/C20H17ClN2O3/c1-11-12(2)23-18-10-15(6-9-17(18)22-11)20(25)26-13(3)19(24)14-4-7-16(21)8-5-14/h4-10,13H,1-3H3/t13-/m0/s1. The maximum absolute atomic E-state index is 12.4. The van der Waals surface area contributed by atoms with E-state index in [0.717, 1.165) is 11.4 Å². The van der Waals surface area contributed by atoms with Crippen molar-refractivity contribution in [2.45, 2.75) is 26.9 Å². The van der Waals surface area contributed by atoms with Crippen molar-refractivity contribution in [3.05, 3.63) is 70.0 Å². The lowest BCUT2D eigenvalue weighted by Gasteiger charge is -2.13. The molecule has 0 saturated heterocycles. The van der Waals surface area contributed by atoms with Gasteiger partial charge >= 0.3 is 5.97 Å². The molecule has 0 aliphatic rings. The van der Waals surface area contributed by atoms with Gasteiger partial charge in [-0.2, -0.15) is 0 Å². The summed E-state index contributed by atoms with van der Waals surface area (Å²) in [6.07, 6.45) is -0.912. The summed E-state index contributed by atoms with van der Waals surface area (Å²) in [5.74, 6) is -0.871. The van der Waals surface area contributed by atoms with Crippen LogP contribution < -0.4 is 0 Å². The molecule has 0 radical (unpaired) electrons. The summed E-state index contributed by atoms with van der Waals surface area (Å²) in [5.41, 5.74) is 3.72. The van der Waals surface area contributed by atoms with E-state index in [0.29, 0.717) is 27.2 Å². The average molecular weight is 369 g/mol. The Kier molecular flexibility index (Phi) is 5.00. The maximum Gasteiger partial charge on any atom is 0.338 e. The minimum atomic E-state index is -0.912. The molecule has 0 unspecified atom stereocenters. The first kappa shape index (κ1) is 18.0. The minimum Gasteiger partial charge on any atom is -0.451 e. The second-order valence-electron chi connectivity index (χ2n) is 6.02. The van der Waals surface area contributed by atoms with Crippen molar-refractivity contribution in [3.8, 4) is 0 Å². The topological polar surface area (TPSA) is 69.2 Å². The van der Waals surface area contributed by atoms with Crippen LogP contribution in [0.4, 0.5) is 0 Å². The molecule has 0 saturated carbocycles. The molecule has 2 aromatic carbocycles. The van der Waals surface area contributed by atoms with Gasteiger partial charge in [0, 0.05) is 10.6 Å². The first-order chi connectivity index (χ1) is 12.3. The SMILES string of the molecule is Cc1nc2ccc(C(=O)O[C@@H](C)C(=O)c3ccc(Cl)cc3)cc2nc1C. The number of esters is 1. The van der Waals surface area contributed by atoms with Crippen molar-refractivity contribution >= 4 is 34.4 Å². The fourth-order valence-electron chi connectivity index (χ4n) is 2.49. The number of hydrogen-bond donors (Lipinski definition) is 0. The van der Waals surface area contributed by atoms with Gasteiger partial charge in [0.1, 0.15) is 0 Å². The monoisotopic (exact) mass is 368 g/mol. The van der Waals surface area contributed by atoms with E-state index in [9.17, 15) is 9.59 Å². The van der Waals surface area contributed by atoms with Crippen LogP contribution >= 0.6 is 11.6 Å². The Morgan fingerprint density at radius 1 is 0.923 bits per heavy atom. The number of ketones is 1. The van der Waals surface area contributed by atoms with Crippen molar-refractivity contribution in [1.82, 2.24) is 9.97 Å². The Bertz CT molecular complexity index is 1000. The van der Waals surface area contributed by atoms with Gasteiger partial charge in [-0.3, -0.25) is 4.79 Å². The molecule has 0 spiro atoms. The van der Waals surface area contributed by atoms with Gasteiger partial charge in [-0.25, -0.2) is 14.8 Å². The molecular formula is C20H17ClN2O3. The van der Waals surface area contributed by atoms with Gasteiger partial charge in [-0.15, -0.1) is 0 Å². The van der Waals surface area contributed by atoms with E-state index >= 15 is 0 Å². The normalized spacial score (nSPS) is 12.0. The molecule has 0 aliphatic heterocycles. The van der Waals surface area contributed by atoms with Crippen LogP contribution in [0.25, 0.3) is 11.0 Å². The number of aryl methyl sites for hydroxylation is 2. The van der Waals surface area contributed by atoms with Crippen LogP contribution in [0.5, 0.6) is 0 Å². The van der Waals surface area contributed by atoms with Crippen molar-refractivity contribution in [2.24, 2.45) is 0 Å². The Morgan fingerprint density at radius 2 is 1.50 bits per heavy atom. The Balaban J connectivity index is 1.78. The molecule has 3 rings (SSSR count). The lowest BCUT2D eigenvalue weighted by Crippen LogP contribution is -2.24. The molecule has 0 fully saturated rings. The van der Waals surface area contributed by atoms with Crippen LogP contribution in [0.15, 0.2) is 42.5 Å². The number of carbonyl (C=O) groups excluding carboxylic acids is 2. The van der Waals surface area contributed by atoms with Gasteiger partial charge < -0.3 is 4.74 Å². The lowest BCUT2D eigenvalue weighted by atomic mass is 10.1. The van der Waals surface area contributed by atoms with Crippen LogP contribution in [0.3, 0.4) is 0 Å². The Labute approximate surface area is 156 Å². The summed E-state index contributed by atoms with van der Waals surface area (Å²) >= 11 is 5.82. The van der Waals surface area contributed by atoms with E-state index < -0.39 is 12.1 Å². The molecule has 1 atom stereocenters.